The summed E-state index contributed by atoms with van der Waals surface area (Å²) in [5.74, 6) is -0.805. The second-order valence-corrected chi connectivity index (χ2v) is 3.13. The van der Waals surface area contributed by atoms with Gasteiger partial charge in [0.15, 0.2) is 0 Å². The van der Waals surface area contributed by atoms with Crippen molar-refractivity contribution in [2.24, 2.45) is 5.92 Å². The number of halogens is 1. The van der Waals surface area contributed by atoms with Gasteiger partial charge in [-0.05, 0) is 12.3 Å². The average molecular weight is 255 g/mol. The Morgan fingerprint density at radius 3 is 2.60 bits per heavy atom. The second kappa shape index (κ2) is 4.65. The molecule has 3 nitrogen and oxygen atoms in total. The zero-order chi connectivity index (χ0) is 8.15. The van der Waals surface area contributed by atoms with Crippen molar-refractivity contribution >= 4 is 34.3 Å². The van der Waals surface area contributed by atoms with Crippen molar-refractivity contribution in [3.8, 4) is 0 Å². The summed E-state index contributed by atoms with van der Waals surface area (Å²) < 4.78 is 0.896. The van der Waals surface area contributed by atoms with Gasteiger partial charge in [0.25, 0.3) is 0 Å². The normalized spacial score (nSPS) is 12.6. The number of carboxylic acid groups (broad SMARTS) is 1. The van der Waals surface area contributed by atoms with E-state index in [1.165, 1.54) is 0 Å². The molecule has 0 aromatic rings. The monoisotopic (exact) mass is 255 g/mol. The molecule has 0 spiro atoms. The van der Waals surface area contributed by atoms with E-state index < -0.39 is 5.97 Å². The van der Waals surface area contributed by atoms with Crippen LogP contribution in [0.25, 0.3) is 0 Å². The van der Waals surface area contributed by atoms with Gasteiger partial charge in [-0.1, -0.05) is 29.5 Å². The van der Waals surface area contributed by atoms with Crippen LogP contribution in [0.15, 0.2) is 0 Å². The molecule has 0 bridgehead atoms. The van der Waals surface area contributed by atoms with Gasteiger partial charge in [0, 0.05) is 4.43 Å². The van der Waals surface area contributed by atoms with Crippen molar-refractivity contribution in [1.82, 2.24) is 0 Å². The fraction of sp³-hybridized carbons (Fsp3) is 0.667. The lowest BCUT2D eigenvalue weighted by Gasteiger charge is -2.03. The van der Waals surface area contributed by atoms with Crippen LogP contribution in [0.4, 0.5) is 0 Å². The quantitative estimate of drug-likeness (QED) is 0.455. The Kier molecular flexibility index (Phi) is 4.59. The van der Waals surface area contributed by atoms with E-state index in [1.54, 1.807) is 0 Å². The molecule has 0 aromatic carbocycles. The minimum Gasteiger partial charge on any atom is -0.477 e. The summed E-state index contributed by atoms with van der Waals surface area (Å²) in [7, 11) is 0. The predicted octanol–water partition coefficient (Wildman–Crippen LogP) is 1.55. The first-order valence-corrected chi connectivity index (χ1v) is 4.47. The molecule has 0 heterocycles. The van der Waals surface area contributed by atoms with Crippen LogP contribution < -0.4 is 0 Å². The van der Waals surface area contributed by atoms with E-state index in [0.717, 1.165) is 4.43 Å². The molecule has 0 saturated heterocycles. The number of aliphatic carboxylic acids is 1. The first-order valence-electron chi connectivity index (χ1n) is 2.94. The van der Waals surface area contributed by atoms with Crippen molar-refractivity contribution < 1.29 is 9.90 Å². The number of hydrogen-bond donors (Lipinski definition) is 2. The molecule has 0 unspecified atom stereocenters. The maximum atomic E-state index is 10.1. The highest BCUT2D eigenvalue weighted by Crippen LogP contribution is 2.06. The van der Waals surface area contributed by atoms with Gasteiger partial charge in [0.1, 0.15) is 5.71 Å². The molecule has 0 aromatic heterocycles. The summed E-state index contributed by atoms with van der Waals surface area (Å²) in [4.78, 5) is 10.1. The molecular weight excluding hydrogens is 245 g/mol. The molecule has 0 fully saturated rings. The van der Waals surface area contributed by atoms with Crippen LogP contribution in [0.5, 0.6) is 0 Å². The lowest BCUT2D eigenvalue weighted by Crippen LogP contribution is -2.15. The molecule has 0 aliphatic carbocycles. The van der Waals surface area contributed by atoms with Crippen molar-refractivity contribution in [3.05, 3.63) is 0 Å². The molecule has 0 saturated carbocycles. The van der Waals surface area contributed by atoms with Crippen molar-refractivity contribution in [2.75, 3.05) is 4.43 Å². The highest BCUT2D eigenvalue weighted by atomic mass is 127. The lowest BCUT2D eigenvalue weighted by molar-refractivity contribution is -0.129. The van der Waals surface area contributed by atoms with E-state index in [1.807, 2.05) is 6.92 Å². The van der Waals surface area contributed by atoms with Gasteiger partial charge in [0.05, 0.1) is 0 Å². The summed E-state index contributed by atoms with van der Waals surface area (Å²) in [5.41, 5.74) is -0.191. The number of rotatable bonds is 4. The van der Waals surface area contributed by atoms with Crippen LogP contribution >= 0.6 is 22.6 Å². The van der Waals surface area contributed by atoms with Gasteiger partial charge >= 0.3 is 5.97 Å². The first kappa shape index (κ1) is 9.87. The molecule has 0 amide bonds. The Labute approximate surface area is 73.5 Å². The molecule has 2 N–H and O–H groups in total. The molecule has 0 aliphatic rings. The Morgan fingerprint density at radius 1 is 1.80 bits per heavy atom. The maximum absolute atomic E-state index is 10.1. The van der Waals surface area contributed by atoms with Gasteiger partial charge < -0.3 is 5.11 Å². The second-order valence-electron chi connectivity index (χ2n) is 2.25. The molecule has 4 heteroatoms. The molecule has 58 valence electrons. The minimum atomic E-state index is -1.10. The molecule has 10 heavy (non-hydrogen) atoms. The SMILES string of the molecule is C[C@@H](CI)CC(=N)C(=O)O. The van der Waals surface area contributed by atoms with Crippen molar-refractivity contribution in [2.45, 2.75) is 13.3 Å². The lowest BCUT2D eigenvalue weighted by atomic mass is 10.1. The van der Waals surface area contributed by atoms with Gasteiger partial charge in [-0.2, -0.15) is 0 Å². The Hall–Kier alpha value is -0.130. The van der Waals surface area contributed by atoms with Gasteiger partial charge in [0.2, 0.25) is 0 Å². The topological polar surface area (TPSA) is 61.2 Å². The van der Waals surface area contributed by atoms with Crippen LogP contribution in [0.1, 0.15) is 13.3 Å². The fourth-order valence-corrected chi connectivity index (χ4v) is 0.802. The number of alkyl halides is 1. The van der Waals surface area contributed by atoms with Gasteiger partial charge in [-0.25, -0.2) is 4.79 Å². The molecular formula is C6H10INO2. The van der Waals surface area contributed by atoms with E-state index in [2.05, 4.69) is 22.6 Å². The molecule has 0 radical (unpaired) electrons. The highest BCUT2D eigenvalue weighted by molar-refractivity contribution is 14.1. The summed E-state index contributed by atoms with van der Waals surface area (Å²) in [5, 5.41) is 15.3. The van der Waals surface area contributed by atoms with E-state index in [9.17, 15) is 4.79 Å². The van der Waals surface area contributed by atoms with Crippen LogP contribution in [-0.2, 0) is 4.79 Å². The number of nitrogens with one attached hydrogen (secondary N) is 1. The Bertz CT molecular complexity index is 147. The van der Waals surface area contributed by atoms with E-state index in [-0.39, 0.29) is 5.71 Å². The van der Waals surface area contributed by atoms with Crippen LogP contribution in [0.3, 0.4) is 0 Å². The Morgan fingerprint density at radius 2 is 2.30 bits per heavy atom. The van der Waals surface area contributed by atoms with Gasteiger partial charge in [-0.3, -0.25) is 5.41 Å². The van der Waals surface area contributed by atoms with Gasteiger partial charge in [-0.15, -0.1) is 0 Å². The number of carbonyl (C=O) groups is 1. The summed E-state index contributed by atoms with van der Waals surface area (Å²) in [6, 6.07) is 0. The van der Waals surface area contributed by atoms with E-state index in [4.69, 9.17) is 10.5 Å². The van der Waals surface area contributed by atoms with Crippen LogP contribution in [0.2, 0.25) is 0 Å². The van der Waals surface area contributed by atoms with E-state index in [0.29, 0.717) is 12.3 Å². The number of hydrogen-bond acceptors (Lipinski definition) is 2. The zero-order valence-corrected chi connectivity index (χ0v) is 7.88. The van der Waals surface area contributed by atoms with Crippen LogP contribution in [0, 0.1) is 11.3 Å². The van der Waals surface area contributed by atoms with Crippen molar-refractivity contribution in [3.63, 3.8) is 0 Å². The minimum absolute atomic E-state index is 0.191. The zero-order valence-electron chi connectivity index (χ0n) is 5.72. The third-order valence-electron chi connectivity index (χ3n) is 1.07. The molecule has 0 aliphatic heterocycles. The molecule has 0 rings (SSSR count). The summed E-state index contributed by atoms with van der Waals surface area (Å²) >= 11 is 2.18. The largest absolute Gasteiger partial charge is 0.477 e. The Balaban J connectivity index is 3.68. The summed E-state index contributed by atoms with van der Waals surface area (Å²) in [6.07, 6.45) is 0.373. The van der Waals surface area contributed by atoms with Crippen molar-refractivity contribution in [1.29, 1.82) is 5.41 Å². The fourth-order valence-electron chi connectivity index (χ4n) is 0.490. The smallest absolute Gasteiger partial charge is 0.349 e. The highest BCUT2D eigenvalue weighted by Gasteiger charge is 2.10. The predicted molar refractivity (Wildman–Crippen MR) is 48.0 cm³/mol. The maximum Gasteiger partial charge on any atom is 0.349 e. The average Bonchev–Trinajstić information content (AvgIpc) is 1.87. The van der Waals surface area contributed by atoms with E-state index >= 15 is 0 Å². The summed E-state index contributed by atoms with van der Waals surface area (Å²) in [6.45, 7) is 1.93. The standard InChI is InChI=1S/C6H10INO2/c1-4(3-7)2-5(8)6(9)10/h4,8H,2-3H2,1H3,(H,9,10)/t4-/m1/s1. The number of carboxylic acids is 1. The van der Waals surface area contributed by atoms with Crippen LogP contribution in [-0.4, -0.2) is 21.2 Å². The molecule has 1 atom stereocenters. The first-order chi connectivity index (χ1) is 4.57. The third-order valence-corrected chi connectivity index (χ3v) is 2.58. The third kappa shape index (κ3) is 3.81.